The normalized spacial score (nSPS) is 11.8. The Hall–Kier alpha value is -3.18. The molecule has 4 aromatic rings. The summed E-state index contributed by atoms with van der Waals surface area (Å²) in [5, 5.41) is 2.22. The third-order valence-corrected chi connectivity index (χ3v) is 5.76. The third kappa shape index (κ3) is 4.00. The number of aromatic nitrogens is 1. The molecule has 0 radical (unpaired) electrons. The van der Waals surface area contributed by atoms with Crippen molar-refractivity contribution in [3.8, 4) is 5.75 Å². The van der Waals surface area contributed by atoms with Gasteiger partial charge in [-0.3, -0.25) is 4.79 Å². The van der Waals surface area contributed by atoms with Gasteiger partial charge in [0.25, 0.3) is 5.91 Å². The van der Waals surface area contributed by atoms with E-state index in [4.69, 9.17) is 4.74 Å². The van der Waals surface area contributed by atoms with Gasteiger partial charge >= 0.3 is 0 Å². The molecular weight excluding hydrogens is 380 g/mol. The Morgan fingerprint density at radius 2 is 2.00 bits per heavy atom. The fourth-order valence-electron chi connectivity index (χ4n) is 3.46. The number of hydrogen-bond acceptors (Lipinski definition) is 3. The number of rotatable bonds is 6. The van der Waals surface area contributed by atoms with E-state index in [9.17, 15) is 4.79 Å². The minimum atomic E-state index is -0.157. The Bertz CT molecular complexity index is 1260. The van der Waals surface area contributed by atoms with Gasteiger partial charge in [0.1, 0.15) is 5.75 Å². The number of amides is 1. The Morgan fingerprint density at radius 1 is 1.17 bits per heavy atom. The van der Waals surface area contributed by atoms with Crippen LogP contribution in [0, 0.1) is 0 Å². The Labute approximate surface area is 173 Å². The highest BCUT2D eigenvalue weighted by atomic mass is 32.1. The van der Waals surface area contributed by atoms with Crippen LogP contribution in [-0.4, -0.2) is 17.1 Å². The first kappa shape index (κ1) is 19.2. The van der Waals surface area contributed by atoms with E-state index in [1.54, 1.807) is 0 Å². The molecule has 0 aliphatic heterocycles. The maximum Gasteiger partial charge on any atom is 0.252 e. The smallest absolute Gasteiger partial charge is 0.252 e. The summed E-state index contributed by atoms with van der Waals surface area (Å²) in [5.74, 6) is 0.663. The van der Waals surface area contributed by atoms with Gasteiger partial charge in [-0.1, -0.05) is 59.9 Å². The largest absolute Gasteiger partial charge is 0.494 e. The highest BCUT2D eigenvalue weighted by molar-refractivity contribution is 7.16. The van der Waals surface area contributed by atoms with Gasteiger partial charge in [-0.05, 0) is 41.5 Å². The average Bonchev–Trinajstić information content (AvgIpc) is 3.05. The number of nitrogens with zero attached hydrogens (tertiary/aromatic N) is 2. The van der Waals surface area contributed by atoms with Gasteiger partial charge in [0.15, 0.2) is 4.80 Å². The molecule has 0 saturated carbocycles. The standard InChI is InChI=1S/C24H22N2O2S/c1-3-14-26-21-13-12-19(28-4-2)16-22(21)29-24(26)25-23(27)15-18-10-7-9-17-8-5-6-11-20(17)18/h3,5-13,16H,1,4,14-15H2,2H3. The summed E-state index contributed by atoms with van der Waals surface area (Å²) in [6, 6.07) is 20.1. The molecule has 4 nitrogen and oxygen atoms in total. The second-order valence-electron chi connectivity index (χ2n) is 6.67. The predicted molar refractivity (Wildman–Crippen MR) is 119 cm³/mol. The van der Waals surface area contributed by atoms with Crippen LogP contribution in [0.3, 0.4) is 0 Å². The van der Waals surface area contributed by atoms with Crippen molar-refractivity contribution in [2.45, 2.75) is 19.9 Å². The molecule has 0 atom stereocenters. The van der Waals surface area contributed by atoms with E-state index < -0.39 is 0 Å². The Balaban J connectivity index is 1.73. The molecular formula is C24H22N2O2S. The van der Waals surface area contributed by atoms with Crippen molar-refractivity contribution in [1.82, 2.24) is 4.57 Å². The highest BCUT2D eigenvalue weighted by Gasteiger charge is 2.10. The first-order valence-electron chi connectivity index (χ1n) is 9.61. The van der Waals surface area contributed by atoms with Gasteiger partial charge in [-0.25, -0.2) is 0 Å². The van der Waals surface area contributed by atoms with Crippen LogP contribution in [0.25, 0.3) is 21.0 Å². The van der Waals surface area contributed by atoms with Gasteiger partial charge < -0.3 is 9.30 Å². The third-order valence-electron chi connectivity index (χ3n) is 4.72. The van der Waals surface area contributed by atoms with Crippen molar-refractivity contribution in [3.05, 3.63) is 83.7 Å². The molecule has 0 fully saturated rings. The maximum absolute atomic E-state index is 12.8. The van der Waals surface area contributed by atoms with Crippen molar-refractivity contribution < 1.29 is 9.53 Å². The molecule has 0 spiro atoms. The summed E-state index contributed by atoms with van der Waals surface area (Å²) < 4.78 is 8.66. The van der Waals surface area contributed by atoms with Crippen molar-refractivity contribution in [3.63, 3.8) is 0 Å². The number of ether oxygens (including phenoxy) is 1. The van der Waals surface area contributed by atoms with E-state index >= 15 is 0 Å². The van der Waals surface area contributed by atoms with Crippen molar-refractivity contribution >= 4 is 38.2 Å². The van der Waals surface area contributed by atoms with Crippen molar-refractivity contribution in [1.29, 1.82) is 0 Å². The monoisotopic (exact) mass is 402 g/mol. The number of carbonyl (C=O) groups excluding carboxylic acids is 1. The fourth-order valence-corrected chi connectivity index (χ4v) is 4.54. The van der Waals surface area contributed by atoms with Gasteiger partial charge in [0.2, 0.25) is 0 Å². The molecule has 146 valence electrons. The van der Waals surface area contributed by atoms with Gasteiger partial charge in [-0.2, -0.15) is 4.99 Å². The van der Waals surface area contributed by atoms with Crippen LogP contribution in [0.15, 0.2) is 78.3 Å². The lowest BCUT2D eigenvalue weighted by molar-refractivity contribution is -0.117. The van der Waals surface area contributed by atoms with E-state index in [-0.39, 0.29) is 12.3 Å². The summed E-state index contributed by atoms with van der Waals surface area (Å²) in [6.45, 7) is 7.01. The van der Waals surface area contributed by atoms with E-state index in [0.29, 0.717) is 18.0 Å². The topological polar surface area (TPSA) is 43.6 Å². The van der Waals surface area contributed by atoms with Gasteiger partial charge in [0, 0.05) is 6.54 Å². The molecule has 1 amide bonds. The molecule has 4 rings (SSSR count). The summed E-state index contributed by atoms with van der Waals surface area (Å²) in [6.07, 6.45) is 2.09. The lowest BCUT2D eigenvalue weighted by Gasteiger charge is -2.05. The Morgan fingerprint density at radius 3 is 2.83 bits per heavy atom. The number of carbonyl (C=O) groups is 1. The summed E-state index contributed by atoms with van der Waals surface area (Å²) in [5.41, 5.74) is 2.02. The lowest BCUT2D eigenvalue weighted by atomic mass is 10.0. The van der Waals surface area contributed by atoms with E-state index in [1.807, 2.05) is 66.1 Å². The molecule has 0 bridgehead atoms. The average molecular weight is 403 g/mol. The quantitative estimate of drug-likeness (QED) is 0.421. The number of benzene rings is 3. The SMILES string of the molecule is C=CCn1c(=NC(=O)Cc2cccc3ccccc23)sc2cc(OCC)ccc21. The molecule has 0 N–H and O–H groups in total. The van der Waals surface area contributed by atoms with Crippen LogP contribution in [0.2, 0.25) is 0 Å². The van der Waals surface area contributed by atoms with Crippen LogP contribution in [0.4, 0.5) is 0 Å². The fraction of sp³-hybridized carbons (Fsp3) is 0.167. The van der Waals surface area contributed by atoms with Gasteiger partial charge in [0.05, 0.1) is 23.2 Å². The predicted octanol–water partition coefficient (Wildman–Crippen LogP) is 5.11. The minimum Gasteiger partial charge on any atom is -0.494 e. The lowest BCUT2D eigenvalue weighted by Crippen LogP contribution is -2.17. The summed E-state index contributed by atoms with van der Waals surface area (Å²) in [7, 11) is 0. The number of hydrogen-bond donors (Lipinski definition) is 0. The van der Waals surface area contributed by atoms with Crippen LogP contribution >= 0.6 is 11.3 Å². The summed E-state index contributed by atoms with van der Waals surface area (Å²) in [4.78, 5) is 17.9. The maximum atomic E-state index is 12.8. The Kier molecular flexibility index (Phi) is 5.58. The van der Waals surface area contributed by atoms with Crippen molar-refractivity contribution in [2.75, 3.05) is 6.61 Å². The molecule has 0 aliphatic carbocycles. The zero-order valence-corrected chi connectivity index (χ0v) is 17.1. The first-order valence-corrected chi connectivity index (χ1v) is 10.4. The molecule has 1 heterocycles. The molecule has 5 heteroatoms. The number of fused-ring (bicyclic) bond motifs is 2. The van der Waals surface area contributed by atoms with Crippen LogP contribution in [-0.2, 0) is 17.8 Å². The molecule has 3 aromatic carbocycles. The van der Waals surface area contributed by atoms with Crippen LogP contribution < -0.4 is 9.54 Å². The van der Waals surface area contributed by atoms with E-state index in [1.165, 1.54) is 11.3 Å². The zero-order valence-electron chi connectivity index (χ0n) is 16.3. The van der Waals surface area contributed by atoms with Crippen molar-refractivity contribution in [2.24, 2.45) is 4.99 Å². The number of thiazole rings is 1. The van der Waals surface area contributed by atoms with Gasteiger partial charge in [-0.15, -0.1) is 6.58 Å². The molecule has 1 aromatic heterocycles. The van der Waals surface area contributed by atoms with E-state index in [0.717, 1.165) is 32.3 Å². The number of allylic oxidation sites excluding steroid dienone is 1. The molecule has 0 aliphatic rings. The van der Waals surface area contributed by atoms with Crippen LogP contribution in [0.1, 0.15) is 12.5 Å². The van der Waals surface area contributed by atoms with Crippen LogP contribution in [0.5, 0.6) is 5.75 Å². The second-order valence-corrected chi connectivity index (χ2v) is 7.68. The molecule has 29 heavy (non-hydrogen) atoms. The second kappa shape index (κ2) is 8.45. The van der Waals surface area contributed by atoms with E-state index in [2.05, 4.69) is 23.7 Å². The first-order chi connectivity index (χ1) is 14.2. The molecule has 0 unspecified atom stereocenters. The highest BCUT2D eigenvalue weighted by Crippen LogP contribution is 2.24. The summed E-state index contributed by atoms with van der Waals surface area (Å²) >= 11 is 1.49. The zero-order chi connectivity index (χ0) is 20.2. The molecule has 0 saturated heterocycles. The minimum absolute atomic E-state index is 0.157.